The van der Waals surface area contributed by atoms with Crippen molar-refractivity contribution >= 4 is 6.47 Å². The van der Waals surface area contributed by atoms with Crippen LogP contribution in [0.1, 0.15) is 50.2 Å². The summed E-state index contributed by atoms with van der Waals surface area (Å²) in [6.07, 6.45) is 6.06. The third-order valence-electron chi connectivity index (χ3n) is 5.02. The third-order valence-corrected chi connectivity index (χ3v) is 5.02. The molecule has 0 spiro atoms. The molecule has 2 aromatic rings. The van der Waals surface area contributed by atoms with Gasteiger partial charge in [0.2, 0.25) is 0 Å². The van der Waals surface area contributed by atoms with Gasteiger partial charge in [-0.3, -0.25) is 4.79 Å². The minimum absolute atomic E-state index is 0.0443. The smallest absolute Gasteiger partial charge is 0.298 e. The van der Waals surface area contributed by atoms with E-state index in [1.54, 1.807) is 0 Å². The van der Waals surface area contributed by atoms with Crippen molar-refractivity contribution in [2.24, 2.45) is 0 Å². The van der Waals surface area contributed by atoms with Gasteiger partial charge in [-0.15, -0.1) is 0 Å². The maximum atomic E-state index is 10.5. The Morgan fingerprint density at radius 1 is 0.875 bits per heavy atom. The third kappa shape index (κ3) is 3.30. The molecular weight excluding hydrogens is 300 g/mol. The van der Waals surface area contributed by atoms with Crippen LogP contribution in [0.25, 0.3) is 0 Å². The summed E-state index contributed by atoms with van der Waals surface area (Å²) < 4.78 is 10.5. The molecule has 1 aliphatic rings. The highest BCUT2D eigenvalue weighted by molar-refractivity contribution is 5.48. The van der Waals surface area contributed by atoms with Crippen molar-refractivity contribution in [2.75, 3.05) is 6.61 Å². The zero-order chi connectivity index (χ0) is 16.8. The lowest BCUT2D eigenvalue weighted by Gasteiger charge is -2.38. The average Bonchev–Trinajstić information content (AvgIpc) is 2.64. The zero-order valence-electron chi connectivity index (χ0n) is 14.2. The van der Waals surface area contributed by atoms with Crippen LogP contribution < -0.4 is 9.47 Å². The van der Waals surface area contributed by atoms with Crippen molar-refractivity contribution in [3.8, 4) is 11.5 Å². The summed E-state index contributed by atoms with van der Waals surface area (Å²) in [4.78, 5) is 10.5. The highest BCUT2D eigenvalue weighted by Gasteiger charge is 2.35. The summed E-state index contributed by atoms with van der Waals surface area (Å²) in [6, 6.07) is 16.5. The molecule has 3 heteroatoms. The first-order valence-corrected chi connectivity index (χ1v) is 8.73. The maximum absolute atomic E-state index is 10.5. The quantitative estimate of drug-likeness (QED) is 0.711. The van der Waals surface area contributed by atoms with Gasteiger partial charge in [-0.2, -0.15) is 0 Å². The molecule has 0 atom stereocenters. The molecule has 0 aliphatic heterocycles. The minimum Gasteiger partial charge on any atom is -0.494 e. The minimum atomic E-state index is 0.0443. The topological polar surface area (TPSA) is 35.5 Å². The highest BCUT2D eigenvalue weighted by atomic mass is 16.5. The fraction of sp³-hybridized carbons (Fsp3) is 0.381. The normalized spacial score (nSPS) is 16.4. The number of rotatable bonds is 6. The number of hydrogen-bond donors (Lipinski definition) is 0. The van der Waals surface area contributed by atoms with E-state index in [-0.39, 0.29) is 5.41 Å². The summed E-state index contributed by atoms with van der Waals surface area (Å²) in [7, 11) is 0. The highest BCUT2D eigenvalue weighted by Crippen LogP contribution is 2.45. The number of carbonyl (C=O) groups excluding carboxylic acids is 1. The Bertz CT molecular complexity index is 652. The predicted octanol–water partition coefficient (Wildman–Crippen LogP) is 4.87. The molecule has 0 aromatic heterocycles. The van der Waals surface area contributed by atoms with E-state index in [0.717, 1.165) is 18.6 Å². The van der Waals surface area contributed by atoms with Gasteiger partial charge in [0.15, 0.2) is 0 Å². The second kappa shape index (κ2) is 7.52. The Morgan fingerprint density at radius 2 is 1.42 bits per heavy atom. The van der Waals surface area contributed by atoms with E-state index in [9.17, 15) is 4.79 Å². The van der Waals surface area contributed by atoms with E-state index >= 15 is 0 Å². The predicted molar refractivity (Wildman–Crippen MR) is 94.6 cm³/mol. The van der Waals surface area contributed by atoms with Gasteiger partial charge in [-0.25, -0.2) is 0 Å². The molecule has 1 saturated carbocycles. The van der Waals surface area contributed by atoms with E-state index in [2.05, 4.69) is 36.4 Å². The number of ether oxygens (including phenoxy) is 2. The molecule has 0 N–H and O–H groups in total. The molecule has 0 unspecified atom stereocenters. The molecule has 0 radical (unpaired) electrons. The zero-order valence-corrected chi connectivity index (χ0v) is 14.2. The summed E-state index contributed by atoms with van der Waals surface area (Å²) in [5.41, 5.74) is 2.68. The monoisotopic (exact) mass is 324 g/mol. The Hall–Kier alpha value is -2.29. The second-order valence-electron chi connectivity index (χ2n) is 6.34. The van der Waals surface area contributed by atoms with Crippen molar-refractivity contribution in [2.45, 2.75) is 44.4 Å². The van der Waals surface area contributed by atoms with E-state index in [1.807, 2.05) is 19.1 Å². The Balaban J connectivity index is 1.96. The number of benzene rings is 2. The van der Waals surface area contributed by atoms with Crippen LogP contribution in [0, 0.1) is 0 Å². The van der Waals surface area contributed by atoms with Crippen LogP contribution in [0.2, 0.25) is 0 Å². The molecule has 24 heavy (non-hydrogen) atoms. The second-order valence-corrected chi connectivity index (χ2v) is 6.34. The molecule has 3 nitrogen and oxygen atoms in total. The van der Waals surface area contributed by atoms with Crippen LogP contribution in [-0.2, 0) is 10.2 Å². The molecule has 0 amide bonds. The average molecular weight is 324 g/mol. The molecule has 0 saturated heterocycles. The molecule has 1 fully saturated rings. The summed E-state index contributed by atoms with van der Waals surface area (Å²) >= 11 is 0. The first kappa shape index (κ1) is 16.6. The van der Waals surface area contributed by atoms with Crippen molar-refractivity contribution in [1.29, 1.82) is 0 Å². The van der Waals surface area contributed by atoms with Gasteiger partial charge in [0.25, 0.3) is 6.47 Å². The SMILES string of the molecule is CCOc1ccc(C2(c3ccc(OC=O)cc3)CCCCC2)cc1. The van der Waals surface area contributed by atoms with Crippen LogP contribution in [0.3, 0.4) is 0 Å². The molecule has 0 bridgehead atoms. The summed E-state index contributed by atoms with van der Waals surface area (Å²) in [6.45, 7) is 3.15. The summed E-state index contributed by atoms with van der Waals surface area (Å²) in [5, 5.41) is 0. The largest absolute Gasteiger partial charge is 0.494 e. The van der Waals surface area contributed by atoms with Gasteiger partial charge in [-0.05, 0) is 55.2 Å². The molecule has 1 aliphatic carbocycles. The van der Waals surface area contributed by atoms with Crippen molar-refractivity contribution in [3.63, 3.8) is 0 Å². The first-order valence-electron chi connectivity index (χ1n) is 8.73. The lowest BCUT2D eigenvalue weighted by Crippen LogP contribution is -2.30. The Labute approximate surface area is 143 Å². The number of carbonyl (C=O) groups is 1. The van der Waals surface area contributed by atoms with Crippen LogP contribution in [0.5, 0.6) is 11.5 Å². The molecule has 126 valence electrons. The maximum Gasteiger partial charge on any atom is 0.298 e. The molecule has 3 rings (SSSR count). The van der Waals surface area contributed by atoms with E-state index in [4.69, 9.17) is 9.47 Å². The first-order chi connectivity index (χ1) is 11.8. The molecule has 2 aromatic carbocycles. The van der Waals surface area contributed by atoms with Gasteiger partial charge >= 0.3 is 0 Å². The van der Waals surface area contributed by atoms with Gasteiger partial charge in [0, 0.05) is 5.41 Å². The van der Waals surface area contributed by atoms with Crippen LogP contribution in [0.4, 0.5) is 0 Å². The standard InChI is InChI=1S/C21H24O3/c1-2-23-19-10-6-17(7-11-19)21(14-4-3-5-15-21)18-8-12-20(13-9-18)24-16-22/h6-13,16H,2-5,14-15H2,1H3. The Kier molecular flexibility index (Phi) is 5.19. The van der Waals surface area contributed by atoms with Gasteiger partial charge < -0.3 is 9.47 Å². The van der Waals surface area contributed by atoms with E-state index in [0.29, 0.717) is 18.8 Å². The van der Waals surface area contributed by atoms with Crippen molar-refractivity contribution < 1.29 is 14.3 Å². The number of hydrogen-bond acceptors (Lipinski definition) is 3. The van der Waals surface area contributed by atoms with Crippen LogP contribution in [-0.4, -0.2) is 13.1 Å². The Morgan fingerprint density at radius 3 is 1.92 bits per heavy atom. The fourth-order valence-corrected chi connectivity index (χ4v) is 3.84. The van der Waals surface area contributed by atoms with E-state index in [1.165, 1.54) is 30.4 Å². The van der Waals surface area contributed by atoms with Crippen LogP contribution in [0.15, 0.2) is 48.5 Å². The molecular formula is C21H24O3. The fourth-order valence-electron chi connectivity index (χ4n) is 3.84. The van der Waals surface area contributed by atoms with Crippen LogP contribution >= 0.6 is 0 Å². The van der Waals surface area contributed by atoms with Gasteiger partial charge in [0.05, 0.1) is 6.61 Å². The lowest BCUT2D eigenvalue weighted by atomic mass is 9.65. The lowest BCUT2D eigenvalue weighted by molar-refractivity contribution is -0.120. The van der Waals surface area contributed by atoms with Crippen molar-refractivity contribution in [3.05, 3.63) is 59.7 Å². The van der Waals surface area contributed by atoms with Crippen molar-refractivity contribution in [1.82, 2.24) is 0 Å². The van der Waals surface area contributed by atoms with Gasteiger partial charge in [0.1, 0.15) is 11.5 Å². The van der Waals surface area contributed by atoms with Gasteiger partial charge in [-0.1, -0.05) is 43.5 Å². The molecule has 0 heterocycles. The van der Waals surface area contributed by atoms with E-state index < -0.39 is 0 Å². The summed E-state index contributed by atoms with van der Waals surface area (Å²) in [5.74, 6) is 1.51.